The van der Waals surface area contributed by atoms with Crippen molar-refractivity contribution in [1.82, 2.24) is 24.8 Å². The molecule has 6 N–H and O–H groups in total. The van der Waals surface area contributed by atoms with Gasteiger partial charge in [-0.25, -0.2) is 24.2 Å². The van der Waals surface area contributed by atoms with Gasteiger partial charge in [-0.15, -0.1) is 0 Å². The number of furan rings is 1. The minimum atomic E-state index is -5.08. The number of carbonyl (C=O) groups is 4. The van der Waals surface area contributed by atoms with Crippen molar-refractivity contribution in [1.29, 1.82) is 0 Å². The van der Waals surface area contributed by atoms with E-state index in [-0.39, 0.29) is 6.03 Å². The van der Waals surface area contributed by atoms with E-state index in [2.05, 4.69) is 67.1 Å². The number of hydrogen-bond donors (Lipinski definition) is 6. The number of piperidine rings is 1. The molecule has 0 unspecified atom stereocenters. The van der Waals surface area contributed by atoms with E-state index in [1.54, 1.807) is 24.7 Å². The van der Waals surface area contributed by atoms with Crippen LogP contribution in [-0.4, -0.2) is 109 Å². The number of aryl methyl sites for hydroxylation is 3. The number of carbonyl (C=O) groups excluding carboxylic acids is 1. The van der Waals surface area contributed by atoms with Crippen molar-refractivity contribution in [3.63, 3.8) is 0 Å². The van der Waals surface area contributed by atoms with Crippen molar-refractivity contribution in [3.8, 4) is 0 Å². The Morgan fingerprint density at radius 2 is 1.44 bits per heavy atom. The maximum Gasteiger partial charge on any atom is 0.490 e. The number of carboxylic acid groups (broad SMARTS) is 3. The first-order valence-corrected chi connectivity index (χ1v) is 18.4. The molecule has 63 heavy (non-hydrogen) atoms. The third-order valence-corrected chi connectivity index (χ3v) is 8.96. The molecule has 0 aliphatic carbocycles. The van der Waals surface area contributed by atoms with Crippen molar-refractivity contribution in [3.05, 3.63) is 82.7 Å². The highest BCUT2D eigenvalue weighted by molar-refractivity contribution is 6.32. The second-order valence-electron chi connectivity index (χ2n) is 13.6. The lowest BCUT2D eigenvalue weighted by molar-refractivity contribution is -0.193. The van der Waals surface area contributed by atoms with Gasteiger partial charge in [0, 0.05) is 44.1 Å². The number of nitrogens with zero attached hydrogens (tertiary/aromatic N) is 5. The quantitative estimate of drug-likeness (QED) is 0.104. The Balaban J connectivity index is 0.000000416. The number of fused-ring (bicyclic) bond motifs is 6. The number of benzene rings is 1. The van der Waals surface area contributed by atoms with Crippen LogP contribution in [0.1, 0.15) is 35.3 Å². The summed E-state index contributed by atoms with van der Waals surface area (Å²) in [5, 5.41) is 31.4. The van der Waals surface area contributed by atoms with Gasteiger partial charge in [0.1, 0.15) is 10.8 Å². The van der Waals surface area contributed by atoms with Gasteiger partial charge >= 0.3 is 42.5 Å². The van der Waals surface area contributed by atoms with Gasteiger partial charge in [0.2, 0.25) is 5.95 Å². The molecule has 1 aromatic carbocycles. The van der Waals surface area contributed by atoms with Gasteiger partial charge in [0.05, 0.1) is 30.0 Å². The normalized spacial score (nSPS) is 13.9. The number of halogens is 10. The van der Waals surface area contributed by atoms with Crippen LogP contribution in [0.25, 0.3) is 0 Å². The predicted molar refractivity (Wildman–Crippen MR) is 206 cm³/mol. The summed E-state index contributed by atoms with van der Waals surface area (Å²) >= 11 is 6.43. The average molecular weight is 929 g/mol. The van der Waals surface area contributed by atoms with Crippen LogP contribution in [0.5, 0.6) is 0 Å². The number of alkyl halides is 9. The lowest BCUT2D eigenvalue weighted by Gasteiger charge is -2.34. The fourth-order valence-electron chi connectivity index (χ4n) is 5.67. The fraction of sp³-hybridized carbons (Fsp3) is 0.378. The smallest absolute Gasteiger partial charge is 0.475 e. The number of amides is 2. The fourth-order valence-corrected chi connectivity index (χ4v) is 5.81. The number of likely N-dealkylation sites (tertiary alicyclic amines) is 1. The average Bonchev–Trinajstić information content (AvgIpc) is 3.59. The van der Waals surface area contributed by atoms with E-state index in [4.69, 9.17) is 45.7 Å². The standard InChI is InChI=1S/C31H35ClN8O2.3C2HF3O2/c1-20-28(9-12-42-20)37-31(41)40-10-7-21(8-11-40)18-39(2)19-24-5-6-25-14-23(24)4-3-22-13-26(16-33-15-22)36-30-34-17-27(32)29(35-25)38-30;3*3-2(4,5)1(6)7/h5-6,9,12-17,21H,3-4,7-8,10-11,18-19H2,1-2H3,(H,37,41)(H2,34,35,36,38);3*(H,6,7). The second-order valence-corrected chi connectivity index (χ2v) is 14.0. The van der Waals surface area contributed by atoms with Crippen LogP contribution in [0.4, 0.5) is 73.1 Å². The number of hydrogen-bond acceptors (Lipinski definition) is 11. The summed E-state index contributed by atoms with van der Waals surface area (Å²) in [6.07, 6.45) is -4.67. The highest BCUT2D eigenvalue weighted by atomic mass is 35.5. The highest BCUT2D eigenvalue weighted by Gasteiger charge is 2.39. The minimum Gasteiger partial charge on any atom is -0.475 e. The largest absolute Gasteiger partial charge is 0.490 e. The number of aliphatic carboxylic acids is 3. The molecule has 1 saturated heterocycles. The van der Waals surface area contributed by atoms with Crippen LogP contribution in [0.15, 0.2) is 59.6 Å². The van der Waals surface area contributed by atoms with Gasteiger partial charge in [-0.1, -0.05) is 17.7 Å². The van der Waals surface area contributed by atoms with Crippen LogP contribution < -0.4 is 16.0 Å². The molecule has 16 nitrogen and oxygen atoms in total. The summed E-state index contributed by atoms with van der Waals surface area (Å²) in [6, 6.07) is 10.3. The minimum absolute atomic E-state index is 0.0593. The van der Waals surface area contributed by atoms with Crippen molar-refractivity contribution in [2.75, 3.05) is 42.6 Å². The molecule has 26 heteroatoms. The molecule has 2 aliphatic rings. The molecular weight excluding hydrogens is 891 g/mol. The van der Waals surface area contributed by atoms with Crippen LogP contribution in [0.2, 0.25) is 5.02 Å². The van der Waals surface area contributed by atoms with Gasteiger partial charge in [-0.3, -0.25) is 4.98 Å². The van der Waals surface area contributed by atoms with E-state index in [1.165, 1.54) is 11.1 Å². The Bertz CT molecular complexity index is 2140. The number of pyridine rings is 1. The molecular formula is C37H38ClF9N8O8. The first-order chi connectivity index (χ1) is 29.2. The van der Waals surface area contributed by atoms with Crippen molar-refractivity contribution in [2.45, 2.75) is 57.7 Å². The predicted octanol–water partition coefficient (Wildman–Crippen LogP) is 8.29. The van der Waals surface area contributed by atoms with E-state index in [9.17, 15) is 44.3 Å². The number of rotatable bonds is 5. The van der Waals surface area contributed by atoms with Crippen molar-refractivity contribution in [2.24, 2.45) is 5.92 Å². The summed E-state index contributed by atoms with van der Waals surface area (Å²) in [5.41, 5.74) is 6.22. The van der Waals surface area contributed by atoms with Crippen LogP contribution in [-0.2, 0) is 33.8 Å². The third kappa shape index (κ3) is 17.1. The topological polar surface area (TPSA) is 223 Å². The summed E-state index contributed by atoms with van der Waals surface area (Å²) in [7, 11) is 2.18. The first-order valence-electron chi connectivity index (χ1n) is 18.0. The number of carboxylic acids is 3. The first kappa shape index (κ1) is 51.0. The second kappa shape index (κ2) is 22.1. The molecule has 6 rings (SSSR count). The van der Waals surface area contributed by atoms with E-state index in [0.717, 1.165) is 80.2 Å². The molecule has 344 valence electrons. The number of urea groups is 1. The SMILES string of the molecule is Cc1occc1NC(=O)N1CCC(CN(C)Cc2ccc3cc2CCc2cncc(c2)Nc2ncc(Cl)c(n2)N3)CC1.O=C(O)C(F)(F)F.O=C(O)C(F)(F)F.O=C(O)C(F)(F)F. The summed E-state index contributed by atoms with van der Waals surface area (Å²) in [5.74, 6) is -6.01. The van der Waals surface area contributed by atoms with Gasteiger partial charge < -0.3 is 45.5 Å². The maximum atomic E-state index is 12.7. The zero-order valence-corrected chi connectivity index (χ0v) is 33.6. The molecule has 2 amide bonds. The third-order valence-electron chi connectivity index (χ3n) is 8.69. The maximum absolute atomic E-state index is 12.7. The summed E-state index contributed by atoms with van der Waals surface area (Å²) in [6.45, 7) is 5.17. The summed E-state index contributed by atoms with van der Waals surface area (Å²) < 4.78 is 101. The molecule has 0 radical (unpaired) electrons. The van der Waals surface area contributed by atoms with E-state index in [0.29, 0.717) is 22.7 Å². The van der Waals surface area contributed by atoms with Crippen molar-refractivity contribution >= 4 is 64.4 Å². The van der Waals surface area contributed by atoms with Gasteiger partial charge in [0.25, 0.3) is 0 Å². The molecule has 0 saturated carbocycles. The van der Waals surface area contributed by atoms with Crippen molar-refractivity contribution < 1.29 is 78.4 Å². The van der Waals surface area contributed by atoms with Crippen LogP contribution in [0.3, 0.4) is 0 Å². The monoisotopic (exact) mass is 928 g/mol. The molecule has 2 aliphatic heterocycles. The molecule has 0 spiro atoms. The Morgan fingerprint density at radius 1 is 0.857 bits per heavy atom. The Morgan fingerprint density at radius 3 is 1.98 bits per heavy atom. The number of nitrogens with one attached hydrogen (secondary N) is 3. The molecule has 4 aromatic rings. The van der Waals surface area contributed by atoms with E-state index >= 15 is 0 Å². The Hall–Kier alpha value is -6.37. The van der Waals surface area contributed by atoms with E-state index in [1.807, 2.05) is 18.0 Å². The summed E-state index contributed by atoms with van der Waals surface area (Å²) in [4.78, 5) is 57.0. The van der Waals surface area contributed by atoms with Gasteiger partial charge in [-0.05, 0) is 80.5 Å². The zero-order valence-electron chi connectivity index (χ0n) is 32.8. The zero-order chi connectivity index (χ0) is 47.3. The van der Waals surface area contributed by atoms with Gasteiger partial charge in [-0.2, -0.15) is 44.5 Å². The highest BCUT2D eigenvalue weighted by Crippen LogP contribution is 2.29. The van der Waals surface area contributed by atoms with Crippen LogP contribution >= 0.6 is 11.6 Å². The lowest BCUT2D eigenvalue weighted by atomic mass is 9.95. The molecule has 1 fully saturated rings. The van der Waals surface area contributed by atoms with Crippen LogP contribution in [0, 0.1) is 12.8 Å². The van der Waals surface area contributed by atoms with E-state index < -0.39 is 36.4 Å². The molecule has 6 bridgehead atoms. The lowest BCUT2D eigenvalue weighted by Crippen LogP contribution is -2.43. The molecule has 5 heterocycles. The number of anilines is 5. The Kier molecular flexibility index (Phi) is 17.9. The Labute approximate surface area is 356 Å². The molecule has 3 aromatic heterocycles. The van der Waals surface area contributed by atoms with Gasteiger partial charge in [0.15, 0.2) is 5.82 Å². The molecule has 0 atom stereocenters. The number of aromatic nitrogens is 3.